The van der Waals surface area contributed by atoms with Crippen LogP contribution in [0.3, 0.4) is 0 Å². The van der Waals surface area contributed by atoms with E-state index >= 15 is 0 Å². The molecule has 3 heteroatoms. The van der Waals surface area contributed by atoms with Crippen molar-refractivity contribution >= 4 is 5.91 Å². The van der Waals surface area contributed by atoms with Gasteiger partial charge in [-0.25, -0.2) is 0 Å². The maximum atomic E-state index is 11.9. The van der Waals surface area contributed by atoms with E-state index in [9.17, 15) is 4.79 Å². The summed E-state index contributed by atoms with van der Waals surface area (Å²) in [7, 11) is 1.65. The highest BCUT2D eigenvalue weighted by atomic mass is 16.5. The molecule has 1 N–H and O–H groups in total. The van der Waals surface area contributed by atoms with Gasteiger partial charge in [-0.15, -0.1) is 0 Å². The van der Waals surface area contributed by atoms with E-state index in [0.717, 1.165) is 36.3 Å². The van der Waals surface area contributed by atoms with Gasteiger partial charge in [0.05, 0.1) is 7.11 Å². The minimum Gasteiger partial charge on any atom is -0.496 e. The SMILES string of the molecule is COc1cc2c(cc1C(C)C)CCCNC2=O. The summed E-state index contributed by atoms with van der Waals surface area (Å²) in [6.45, 7) is 5.04. The fraction of sp³-hybridized carbons (Fsp3) is 0.500. The molecule has 0 saturated carbocycles. The van der Waals surface area contributed by atoms with Gasteiger partial charge in [0.15, 0.2) is 0 Å². The van der Waals surface area contributed by atoms with Crippen LogP contribution in [0.15, 0.2) is 12.1 Å². The Hall–Kier alpha value is -1.51. The molecule has 0 atom stereocenters. The highest BCUT2D eigenvalue weighted by molar-refractivity contribution is 5.96. The fourth-order valence-corrected chi connectivity index (χ4v) is 2.27. The standard InChI is InChI=1S/C14H19NO2/c1-9(2)11-7-10-5-4-6-15-14(16)12(10)8-13(11)17-3/h7-9H,4-6H2,1-3H3,(H,15,16). The maximum Gasteiger partial charge on any atom is 0.251 e. The number of carbonyl (C=O) groups is 1. The molecule has 0 aliphatic carbocycles. The van der Waals surface area contributed by atoms with Crippen molar-refractivity contribution < 1.29 is 9.53 Å². The number of fused-ring (bicyclic) bond motifs is 1. The van der Waals surface area contributed by atoms with Crippen LogP contribution in [0, 0.1) is 0 Å². The van der Waals surface area contributed by atoms with Gasteiger partial charge in [0.2, 0.25) is 0 Å². The van der Waals surface area contributed by atoms with E-state index < -0.39 is 0 Å². The van der Waals surface area contributed by atoms with Crippen molar-refractivity contribution in [2.24, 2.45) is 0 Å². The Labute approximate surface area is 102 Å². The highest BCUT2D eigenvalue weighted by Gasteiger charge is 2.19. The average molecular weight is 233 g/mol. The summed E-state index contributed by atoms with van der Waals surface area (Å²) in [6.07, 6.45) is 1.96. The van der Waals surface area contributed by atoms with Crippen molar-refractivity contribution in [3.05, 3.63) is 28.8 Å². The summed E-state index contributed by atoms with van der Waals surface area (Å²) in [5.41, 5.74) is 3.09. The van der Waals surface area contributed by atoms with Gasteiger partial charge in [0, 0.05) is 12.1 Å². The van der Waals surface area contributed by atoms with Crippen molar-refractivity contribution in [3.8, 4) is 5.75 Å². The molecule has 1 aliphatic heterocycles. The second-order valence-electron chi connectivity index (χ2n) is 4.77. The van der Waals surface area contributed by atoms with Crippen molar-refractivity contribution in [1.29, 1.82) is 0 Å². The van der Waals surface area contributed by atoms with Crippen LogP contribution >= 0.6 is 0 Å². The minimum atomic E-state index is 0.0195. The molecule has 0 bridgehead atoms. The predicted molar refractivity (Wildman–Crippen MR) is 67.7 cm³/mol. The average Bonchev–Trinajstić information content (AvgIpc) is 2.49. The number of hydrogen-bond acceptors (Lipinski definition) is 2. The quantitative estimate of drug-likeness (QED) is 0.852. The van der Waals surface area contributed by atoms with Crippen molar-refractivity contribution in [1.82, 2.24) is 5.32 Å². The molecule has 1 heterocycles. The molecule has 92 valence electrons. The fourth-order valence-electron chi connectivity index (χ4n) is 2.27. The zero-order valence-electron chi connectivity index (χ0n) is 10.7. The Balaban J connectivity index is 2.54. The Morgan fingerprint density at radius 3 is 2.76 bits per heavy atom. The molecule has 2 rings (SSSR count). The van der Waals surface area contributed by atoms with E-state index in [2.05, 4.69) is 25.2 Å². The van der Waals surface area contributed by atoms with Gasteiger partial charge in [0.25, 0.3) is 5.91 Å². The third-order valence-corrected chi connectivity index (χ3v) is 3.23. The number of aryl methyl sites for hydroxylation is 1. The molecule has 0 radical (unpaired) electrons. The summed E-state index contributed by atoms with van der Waals surface area (Å²) in [6, 6.07) is 4.01. The molecular formula is C14H19NO2. The number of methoxy groups -OCH3 is 1. The third-order valence-electron chi connectivity index (χ3n) is 3.23. The summed E-state index contributed by atoms with van der Waals surface area (Å²) < 4.78 is 5.38. The highest BCUT2D eigenvalue weighted by Crippen LogP contribution is 2.31. The molecule has 1 aromatic rings. The molecule has 3 nitrogen and oxygen atoms in total. The lowest BCUT2D eigenvalue weighted by molar-refractivity contribution is 0.0955. The van der Waals surface area contributed by atoms with Gasteiger partial charge in [-0.2, -0.15) is 0 Å². The Bertz CT molecular complexity index is 438. The van der Waals surface area contributed by atoms with Crippen molar-refractivity contribution in [2.75, 3.05) is 13.7 Å². The zero-order chi connectivity index (χ0) is 12.4. The molecule has 0 fully saturated rings. The van der Waals surface area contributed by atoms with Gasteiger partial charge in [-0.1, -0.05) is 19.9 Å². The van der Waals surface area contributed by atoms with Crippen LogP contribution in [-0.2, 0) is 6.42 Å². The third kappa shape index (κ3) is 2.28. The lowest BCUT2D eigenvalue weighted by atomic mass is 9.94. The molecule has 0 unspecified atom stereocenters. The second kappa shape index (κ2) is 4.78. The van der Waals surface area contributed by atoms with E-state index in [1.165, 1.54) is 5.56 Å². The summed E-state index contributed by atoms with van der Waals surface area (Å²) in [5.74, 6) is 1.24. The van der Waals surface area contributed by atoms with Crippen LogP contribution in [0.4, 0.5) is 0 Å². The molecule has 1 aromatic carbocycles. The molecule has 17 heavy (non-hydrogen) atoms. The minimum absolute atomic E-state index is 0.0195. The smallest absolute Gasteiger partial charge is 0.251 e. The van der Waals surface area contributed by atoms with Gasteiger partial charge < -0.3 is 10.1 Å². The molecule has 1 aliphatic rings. The summed E-state index contributed by atoms with van der Waals surface area (Å²) in [4.78, 5) is 11.9. The molecular weight excluding hydrogens is 214 g/mol. The van der Waals surface area contributed by atoms with Gasteiger partial charge in [-0.05, 0) is 36.0 Å². The van der Waals surface area contributed by atoms with Crippen LogP contribution in [-0.4, -0.2) is 19.6 Å². The lowest BCUT2D eigenvalue weighted by Crippen LogP contribution is -2.22. The topological polar surface area (TPSA) is 38.3 Å². The Kier molecular flexibility index (Phi) is 3.36. The van der Waals surface area contributed by atoms with E-state index in [1.807, 2.05) is 6.07 Å². The first-order valence-corrected chi connectivity index (χ1v) is 6.12. The van der Waals surface area contributed by atoms with Crippen LogP contribution in [0.5, 0.6) is 5.75 Å². The number of rotatable bonds is 2. The number of nitrogens with one attached hydrogen (secondary N) is 1. The molecule has 0 aromatic heterocycles. The normalized spacial score (nSPS) is 15.2. The summed E-state index contributed by atoms with van der Waals surface area (Å²) >= 11 is 0. The van der Waals surface area contributed by atoms with E-state index in [0.29, 0.717) is 5.92 Å². The first kappa shape index (κ1) is 12.0. The zero-order valence-corrected chi connectivity index (χ0v) is 10.7. The van der Waals surface area contributed by atoms with E-state index in [4.69, 9.17) is 4.74 Å². The van der Waals surface area contributed by atoms with Crippen molar-refractivity contribution in [2.45, 2.75) is 32.6 Å². The summed E-state index contributed by atoms with van der Waals surface area (Å²) in [5, 5.41) is 2.91. The first-order chi connectivity index (χ1) is 8.13. The molecule has 0 saturated heterocycles. The number of hydrogen-bond donors (Lipinski definition) is 1. The monoisotopic (exact) mass is 233 g/mol. The van der Waals surface area contributed by atoms with Crippen molar-refractivity contribution in [3.63, 3.8) is 0 Å². The maximum absolute atomic E-state index is 11.9. The van der Waals surface area contributed by atoms with Gasteiger partial charge in [0.1, 0.15) is 5.75 Å². The second-order valence-corrected chi connectivity index (χ2v) is 4.77. The molecule has 1 amide bonds. The number of ether oxygens (including phenoxy) is 1. The van der Waals surface area contributed by atoms with Gasteiger partial charge >= 0.3 is 0 Å². The van der Waals surface area contributed by atoms with Crippen LogP contribution in [0.2, 0.25) is 0 Å². The predicted octanol–water partition coefficient (Wildman–Crippen LogP) is 2.49. The molecule has 0 spiro atoms. The van der Waals surface area contributed by atoms with Crippen LogP contribution in [0.25, 0.3) is 0 Å². The lowest BCUT2D eigenvalue weighted by Gasteiger charge is -2.15. The van der Waals surface area contributed by atoms with Crippen LogP contribution < -0.4 is 10.1 Å². The number of benzene rings is 1. The Morgan fingerprint density at radius 2 is 2.12 bits per heavy atom. The van der Waals surface area contributed by atoms with Crippen LogP contribution in [0.1, 0.15) is 47.7 Å². The largest absolute Gasteiger partial charge is 0.496 e. The van der Waals surface area contributed by atoms with E-state index in [-0.39, 0.29) is 5.91 Å². The number of amides is 1. The first-order valence-electron chi connectivity index (χ1n) is 6.12. The number of carbonyl (C=O) groups excluding carboxylic acids is 1. The van der Waals surface area contributed by atoms with E-state index in [1.54, 1.807) is 7.11 Å². The van der Waals surface area contributed by atoms with Gasteiger partial charge in [-0.3, -0.25) is 4.79 Å². The Morgan fingerprint density at radius 1 is 1.35 bits per heavy atom.